The van der Waals surface area contributed by atoms with Crippen molar-refractivity contribution in [1.29, 1.82) is 0 Å². The second-order valence-electron chi connectivity index (χ2n) is 4.30. The van der Waals surface area contributed by atoms with Crippen molar-refractivity contribution in [2.75, 3.05) is 22.6 Å². The fourth-order valence-electron chi connectivity index (χ4n) is 1.76. The van der Waals surface area contributed by atoms with E-state index in [0.717, 1.165) is 5.69 Å². The average Bonchev–Trinajstić information content (AvgIpc) is 2.27. The summed E-state index contributed by atoms with van der Waals surface area (Å²) in [7, 11) is -2.82. The lowest BCUT2D eigenvalue weighted by molar-refractivity contribution is 0.558. The maximum Gasteiger partial charge on any atom is 0.223 e. The van der Waals surface area contributed by atoms with Gasteiger partial charge >= 0.3 is 0 Å². The summed E-state index contributed by atoms with van der Waals surface area (Å²) in [5.41, 5.74) is 6.91. The molecule has 0 spiro atoms. The van der Waals surface area contributed by atoms with Gasteiger partial charge in [-0.05, 0) is 19.8 Å². The van der Waals surface area contributed by atoms with Crippen LogP contribution in [-0.2, 0) is 9.84 Å². The molecule has 17 heavy (non-hydrogen) atoms. The lowest BCUT2D eigenvalue weighted by Gasteiger charge is -2.23. The van der Waals surface area contributed by atoms with E-state index in [1.165, 1.54) is 0 Å². The summed E-state index contributed by atoms with van der Waals surface area (Å²) in [6.07, 6.45) is 2.77. The summed E-state index contributed by atoms with van der Waals surface area (Å²) in [6.45, 7) is 1.81. The van der Waals surface area contributed by atoms with Crippen molar-refractivity contribution in [2.24, 2.45) is 0 Å². The van der Waals surface area contributed by atoms with Crippen LogP contribution in [0.2, 0.25) is 0 Å². The third-order valence-corrected chi connectivity index (χ3v) is 4.62. The van der Waals surface area contributed by atoms with E-state index in [4.69, 9.17) is 5.73 Å². The first-order valence-corrected chi connectivity index (χ1v) is 7.34. The molecular weight excluding hydrogens is 240 g/mol. The van der Waals surface area contributed by atoms with Gasteiger partial charge in [-0.15, -0.1) is 0 Å². The first kappa shape index (κ1) is 12.1. The van der Waals surface area contributed by atoms with E-state index >= 15 is 0 Å². The van der Waals surface area contributed by atoms with Crippen LogP contribution in [-0.4, -0.2) is 35.9 Å². The summed E-state index contributed by atoms with van der Waals surface area (Å²) in [5, 5.41) is 3.14. The molecule has 1 aromatic rings. The molecule has 0 bridgehead atoms. The van der Waals surface area contributed by atoms with Crippen molar-refractivity contribution < 1.29 is 8.42 Å². The molecule has 1 aromatic heterocycles. The summed E-state index contributed by atoms with van der Waals surface area (Å²) < 4.78 is 22.5. The Morgan fingerprint density at radius 3 is 2.65 bits per heavy atom. The summed E-state index contributed by atoms with van der Waals surface area (Å²) in [5.74, 6) is 0.984. The molecule has 2 heterocycles. The Morgan fingerprint density at radius 1 is 1.41 bits per heavy atom. The van der Waals surface area contributed by atoms with Crippen LogP contribution in [0.3, 0.4) is 0 Å². The SMILES string of the molecule is Cc1nc(NC2CCS(=O)(=O)CC2)ncc1N. The van der Waals surface area contributed by atoms with Crippen LogP contribution >= 0.6 is 0 Å². The number of rotatable bonds is 2. The minimum absolute atomic E-state index is 0.126. The van der Waals surface area contributed by atoms with Crippen molar-refractivity contribution in [3.63, 3.8) is 0 Å². The average molecular weight is 256 g/mol. The van der Waals surface area contributed by atoms with Gasteiger partial charge in [0.25, 0.3) is 0 Å². The van der Waals surface area contributed by atoms with Crippen LogP contribution < -0.4 is 11.1 Å². The topological polar surface area (TPSA) is 98.0 Å². The molecule has 3 N–H and O–H groups in total. The number of nitrogens with zero attached hydrogens (tertiary/aromatic N) is 2. The number of aromatic nitrogens is 2. The van der Waals surface area contributed by atoms with Crippen molar-refractivity contribution >= 4 is 21.5 Å². The Morgan fingerprint density at radius 2 is 2.06 bits per heavy atom. The van der Waals surface area contributed by atoms with Crippen LogP contribution in [0.1, 0.15) is 18.5 Å². The van der Waals surface area contributed by atoms with Crippen molar-refractivity contribution in [1.82, 2.24) is 9.97 Å². The highest BCUT2D eigenvalue weighted by Crippen LogP contribution is 2.16. The van der Waals surface area contributed by atoms with Gasteiger partial charge in [-0.1, -0.05) is 0 Å². The van der Waals surface area contributed by atoms with E-state index in [0.29, 0.717) is 24.5 Å². The molecule has 0 saturated carbocycles. The van der Waals surface area contributed by atoms with Gasteiger partial charge in [-0.3, -0.25) is 0 Å². The van der Waals surface area contributed by atoms with E-state index in [1.54, 1.807) is 6.20 Å². The molecule has 0 radical (unpaired) electrons. The number of sulfone groups is 1. The van der Waals surface area contributed by atoms with Crippen molar-refractivity contribution in [2.45, 2.75) is 25.8 Å². The molecule has 1 aliphatic rings. The number of nitrogens with one attached hydrogen (secondary N) is 1. The normalized spacial score (nSPS) is 20.1. The molecule has 94 valence electrons. The highest BCUT2D eigenvalue weighted by Gasteiger charge is 2.23. The van der Waals surface area contributed by atoms with Crippen LogP contribution in [0, 0.1) is 6.92 Å². The molecule has 1 fully saturated rings. The molecule has 0 amide bonds. The fraction of sp³-hybridized carbons (Fsp3) is 0.600. The van der Waals surface area contributed by atoms with E-state index < -0.39 is 9.84 Å². The van der Waals surface area contributed by atoms with Crippen molar-refractivity contribution in [3.05, 3.63) is 11.9 Å². The van der Waals surface area contributed by atoms with Gasteiger partial charge in [0, 0.05) is 6.04 Å². The molecular formula is C10H16N4O2S. The zero-order valence-corrected chi connectivity index (χ0v) is 10.5. The molecule has 0 unspecified atom stereocenters. The molecule has 6 nitrogen and oxygen atoms in total. The first-order valence-electron chi connectivity index (χ1n) is 5.52. The highest BCUT2D eigenvalue weighted by molar-refractivity contribution is 7.91. The highest BCUT2D eigenvalue weighted by atomic mass is 32.2. The molecule has 2 rings (SSSR count). The Bertz CT molecular complexity index is 501. The van der Waals surface area contributed by atoms with Crippen LogP contribution in [0.15, 0.2) is 6.20 Å². The third-order valence-electron chi connectivity index (χ3n) is 2.91. The molecule has 7 heteroatoms. The maximum atomic E-state index is 11.3. The van der Waals surface area contributed by atoms with Gasteiger partial charge in [0.05, 0.1) is 29.1 Å². The summed E-state index contributed by atoms with van der Waals surface area (Å²) >= 11 is 0. The smallest absolute Gasteiger partial charge is 0.223 e. The number of nitrogen functional groups attached to an aromatic ring is 1. The second kappa shape index (κ2) is 4.48. The van der Waals surface area contributed by atoms with Gasteiger partial charge in [-0.25, -0.2) is 18.4 Å². The van der Waals surface area contributed by atoms with Crippen LogP contribution in [0.25, 0.3) is 0 Å². The quantitative estimate of drug-likeness (QED) is 0.792. The van der Waals surface area contributed by atoms with Gasteiger partial charge in [0.2, 0.25) is 5.95 Å². The van der Waals surface area contributed by atoms with Gasteiger partial charge in [-0.2, -0.15) is 0 Å². The van der Waals surface area contributed by atoms with E-state index in [2.05, 4.69) is 15.3 Å². The number of nitrogens with two attached hydrogens (primary N) is 1. The van der Waals surface area contributed by atoms with Crippen LogP contribution in [0.4, 0.5) is 11.6 Å². The Labute approximate surface area is 101 Å². The lowest BCUT2D eigenvalue weighted by Crippen LogP contribution is -2.32. The molecule has 0 aliphatic carbocycles. The summed E-state index contributed by atoms with van der Waals surface area (Å²) in [4.78, 5) is 8.28. The standard InChI is InChI=1S/C10H16N4O2S/c1-7-9(11)6-12-10(13-7)14-8-2-4-17(15,16)5-3-8/h6,8H,2-5,11H2,1H3,(H,12,13,14). The Hall–Kier alpha value is -1.37. The first-order chi connectivity index (χ1) is 7.96. The predicted molar refractivity (Wildman–Crippen MR) is 66.5 cm³/mol. The lowest BCUT2D eigenvalue weighted by atomic mass is 10.2. The summed E-state index contributed by atoms with van der Waals surface area (Å²) in [6, 6.07) is 0.126. The third kappa shape index (κ3) is 3.06. The van der Waals surface area contributed by atoms with E-state index in [1.807, 2.05) is 6.92 Å². The number of anilines is 2. The molecule has 0 atom stereocenters. The monoisotopic (exact) mass is 256 g/mol. The largest absolute Gasteiger partial charge is 0.396 e. The van der Waals surface area contributed by atoms with E-state index in [-0.39, 0.29) is 17.5 Å². The predicted octanol–water partition coefficient (Wildman–Crippen LogP) is 0.356. The Kier molecular flexibility index (Phi) is 3.19. The number of hydrogen-bond donors (Lipinski definition) is 2. The van der Waals surface area contributed by atoms with Crippen LogP contribution in [0.5, 0.6) is 0 Å². The van der Waals surface area contributed by atoms with E-state index in [9.17, 15) is 8.42 Å². The molecule has 1 aliphatic heterocycles. The zero-order chi connectivity index (χ0) is 12.5. The van der Waals surface area contributed by atoms with Gasteiger partial charge in [0.1, 0.15) is 9.84 Å². The maximum absolute atomic E-state index is 11.3. The second-order valence-corrected chi connectivity index (χ2v) is 6.61. The zero-order valence-electron chi connectivity index (χ0n) is 9.68. The van der Waals surface area contributed by atoms with Crippen molar-refractivity contribution in [3.8, 4) is 0 Å². The Balaban J connectivity index is 2.00. The number of aryl methyl sites for hydroxylation is 1. The molecule has 0 aromatic carbocycles. The fourth-order valence-corrected chi connectivity index (χ4v) is 3.25. The minimum atomic E-state index is -2.82. The van der Waals surface area contributed by atoms with Gasteiger partial charge < -0.3 is 11.1 Å². The molecule has 1 saturated heterocycles. The van der Waals surface area contributed by atoms with Gasteiger partial charge in [0.15, 0.2) is 0 Å². The number of hydrogen-bond acceptors (Lipinski definition) is 6. The minimum Gasteiger partial charge on any atom is -0.396 e.